The number of allylic oxidation sites excluding steroid dienone is 1. The van der Waals surface area contributed by atoms with Crippen LogP contribution in [0.25, 0.3) is 11.0 Å². The molecule has 0 spiro atoms. The van der Waals surface area contributed by atoms with E-state index in [2.05, 4.69) is 20.4 Å². The fourth-order valence-corrected chi connectivity index (χ4v) is 3.49. The lowest BCUT2D eigenvalue weighted by atomic mass is 9.88. The predicted molar refractivity (Wildman–Crippen MR) is 120 cm³/mol. The second-order valence-electron chi connectivity index (χ2n) is 7.03. The Kier molecular flexibility index (Phi) is 7.40. The Morgan fingerprint density at radius 2 is 2.10 bits per heavy atom. The Morgan fingerprint density at radius 3 is 2.81 bits per heavy atom. The van der Waals surface area contributed by atoms with Crippen molar-refractivity contribution >= 4 is 42.1 Å². The topological polar surface area (TPSA) is 133 Å². The van der Waals surface area contributed by atoms with Crippen LogP contribution in [0.4, 0.5) is 5.95 Å². The van der Waals surface area contributed by atoms with Crippen LogP contribution in [0, 0.1) is 0 Å². The van der Waals surface area contributed by atoms with Crippen molar-refractivity contribution in [2.45, 2.75) is 51.7 Å². The molecule has 0 saturated carbocycles. The number of halogens is 1. The van der Waals surface area contributed by atoms with Gasteiger partial charge in [0.2, 0.25) is 11.8 Å². The first-order valence-corrected chi connectivity index (χ1v) is 10.7. The van der Waals surface area contributed by atoms with Gasteiger partial charge in [-0.1, -0.05) is 25.4 Å². The van der Waals surface area contributed by atoms with Crippen LogP contribution in [0.5, 0.6) is 0 Å². The molecule has 0 aromatic carbocycles. The van der Waals surface area contributed by atoms with E-state index in [0.717, 1.165) is 17.5 Å². The number of rotatable bonds is 2. The van der Waals surface area contributed by atoms with Gasteiger partial charge in [-0.25, -0.2) is 9.67 Å². The molecule has 1 fully saturated rings. The van der Waals surface area contributed by atoms with Gasteiger partial charge in [0.15, 0.2) is 10.8 Å². The molecule has 2 radical (unpaired) electrons. The SMILES string of the molecule is CC.[B]C1(O)CCO/C(N)=C(/C(C)=NC2CCOCC2)Nc2ncc3c(Cl)nn1c3n2. The van der Waals surface area contributed by atoms with Gasteiger partial charge in [0.1, 0.15) is 19.2 Å². The minimum atomic E-state index is -1.87. The van der Waals surface area contributed by atoms with Gasteiger partial charge in [-0.2, -0.15) is 10.1 Å². The van der Waals surface area contributed by atoms with Gasteiger partial charge in [0.05, 0.1) is 23.7 Å². The van der Waals surface area contributed by atoms with E-state index < -0.39 is 5.62 Å². The van der Waals surface area contributed by atoms with Crippen LogP contribution < -0.4 is 11.1 Å². The molecule has 4 heterocycles. The van der Waals surface area contributed by atoms with Crippen LogP contribution in [-0.2, 0) is 15.1 Å². The lowest BCUT2D eigenvalue weighted by Crippen LogP contribution is -2.36. The summed E-state index contributed by atoms with van der Waals surface area (Å²) in [6, 6.07) is 0.141. The monoisotopic (exact) mass is 447 g/mol. The summed E-state index contributed by atoms with van der Waals surface area (Å²) in [5.41, 5.74) is 5.70. The molecule has 2 bridgehead atoms. The number of hydrogen-bond donors (Lipinski definition) is 3. The molecule has 4 rings (SSSR count). The molecule has 1 saturated heterocycles. The lowest BCUT2D eigenvalue weighted by molar-refractivity contribution is 0.0124. The average molecular weight is 448 g/mol. The molecule has 31 heavy (non-hydrogen) atoms. The summed E-state index contributed by atoms with van der Waals surface area (Å²) >= 11 is 6.15. The first kappa shape index (κ1) is 23.3. The van der Waals surface area contributed by atoms with Crippen molar-refractivity contribution in [2.75, 3.05) is 25.1 Å². The lowest BCUT2D eigenvalue weighted by Gasteiger charge is -2.24. The van der Waals surface area contributed by atoms with E-state index in [1.54, 1.807) is 0 Å². The third kappa shape index (κ3) is 5.11. The van der Waals surface area contributed by atoms with Crippen molar-refractivity contribution in [3.8, 4) is 0 Å². The quantitative estimate of drug-likeness (QED) is 0.469. The van der Waals surface area contributed by atoms with Crippen LogP contribution in [0.2, 0.25) is 5.15 Å². The minimum absolute atomic E-state index is 0.00355. The van der Waals surface area contributed by atoms with Gasteiger partial charge in [-0.3, -0.25) is 4.99 Å². The largest absolute Gasteiger partial charge is 0.478 e. The summed E-state index contributed by atoms with van der Waals surface area (Å²) in [4.78, 5) is 13.4. The second-order valence-corrected chi connectivity index (χ2v) is 7.39. The first-order valence-electron chi connectivity index (χ1n) is 10.3. The summed E-state index contributed by atoms with van der Waals surface area (Å²) in [6.45, 7) is 7.24. The third-order valence-corrected chi connectivity index (χ3v) is 5.16. The Labute approximate surface area is 187 Å². The number of hydrogen-bond acceptors (Lipinski definition) is 9. The van der Waals surface area contributed by atoms with E-state index in [0.29, 0.717) is 30.0 Å². The standard InChI is InChI=1S/C17H21BClN7O3.C2H6/c1-9(22-10-2-5-28-6-3-10)12-14(20)29-7-4-17(18,27)26-15-11(13(19)25-26)8-21-16(23-12)24-15;1-2/h8,10,27H,2-7,20H2,1H3,(H,21,23,24);1-2H3/b14-12-,22-9?;. The summed E-state index contributed by atoms with van der Waals surface area (Å²) in [6.07, 6.45) is 3.19. The highest BCUT2D eigenvalue weighted by Crippen LogP contribution is 2.27. The molecular formula is C19H27BClN7O3. The highest BCUT2D eigenvalue weighted by Gasteiger charge is 2.29. The molecule has 12 heteroatoms. The zero-order valence-electron chi connectivity index (χ0n) is 17.9. The van der Waals surface area contributed by atoms with Gasteiger partial charge in [-0.05, 0) is 19.8 Å². The van der Waals surface area contributed by atoms with E-state index in [-0.39, 0.29) is 41.7 Å². The van der Waals surface area contributed by atoms with Crippen LogP contribution in [0.3, 0.4) is 0 Å². The molecule has 0 amide bonds. The van der Waals surface area contributed by atoms with Gasteiger partial charge >= 0.3 is 0 Å². The van der Waals surface area contributed by atoms with Crippen molar-refractivity contribution in [2.24, 2.45) is 10.7 Å². The number of nitrogens with one attached hydrogen (secondary N) is 1. The third-order valence-electron chi connectivity index (χ3n) is 4.89. The number of nitrogens with two attached hydrogens (primary N) is 1. The van der Waals surface area contributed by atoms with Crippen LogP contribution in [0.1, 0.15) is 40.0 Å². The summed E-state index contributed by atoms with van der Waals surface area (Å²) in [5, 5.41) is 18.5. The smallest absolute Gasteiger partial charge is 0.229 e. The zero-order chi connectivity index (χ0) is 22.6. The van der Waals surface area contributed by atoms with E-state index in [4.69, 9.17) is 39.6 Å². The number of aromatic nitrogens is 4. The van der Waals surface area contributed by atoms with Gasteiger partial charge in [-0.15, -0.1) is 0 Å². The Morgan fingerprint density at radius 1 is 1.39 bits per heavy atom. The molecule has 2 aromatic heterocycles. The molecule has 2 aliphatic rings. The maximum Gasteiger partial charge on any atom is 0.229 e. The van der Waals surface area contributed by atoms with Crippen molar-refractivity contribution in [3.63, 3.8) is 0 Å². The van der Waals surface area contributed by atoms with Crippen LogP contribution in [-0.4, -0.2) is 64.3 Å². The average Bonchev–Trinajstić information content (AvgIpc) is 3.10. The highest BCUT2D eigenvalue weighted by atomic mass is 35.5. The maximum absolute atomic E-state index is 10.7. The van der Waals surface area contributed by atoms with Gasteiger partial charge in [0.25, 0.3) is 0 Å². The molecular weight excluding hydrogens is 421 g/mol. The number of aliphatic hydroxyl groups is 1. The van der Waals surface area contributed by atoms with Crippen molar-refractivity contribution in [1.29, 1.82) is 0 Å². The molecule has 2 aromatic rings. The van der Waals surface area contributed by atoms with Crippen molar-refractivity contribution in [1.82, 2.24) is 19.7 Å². The minimum Gasteiger partial charge on any atom is -0.478 e. The molecule has 4 N–H and O–H groups in total. The number of ether oxygens (including phenoxy) is 2. The number of anilines is 1. The number of fused-ring (bicyclic) bond motifs is 1. The predicted octanol–water partition coefficient (Wildman–Crippen LogP) is 1.88. The van der Waals surface area contributed by atoms with Gasteiger partial charge in [0, 0.05) is 25.8 Å². The van der Waals surface area contributed by atoms with Crippen LogP contribution >= 0.6 is 11.6 Å². The fourth-order valence-electron chi connectivity index (χ4n) is 3.28. The van der Waals surface area contributed by atoms with E-state index >= 15 is 0 Å². The van der Waals surface area contributed by atoms with Crippen LogP contribution in [0.15, 0.2) is 22.8 Å². The second kappa shape index (κ2) is 9.84. The molecule has 0 aliphatic carbocycles. The van der Waals surface area contributed by atoms with Crippen molar-refractivity contribution in [3.05, 3.63) is 22.9 Å². The van der Waals surface area contributed by atoms with E-state index in [1.807, 2.05) is 20.8 Å². The molecule has 2 aliphatic heterocycles. The summed E-state index contributed by atoms with van der Waals surface area (Å²) in [7, 11) is 6.04. The zero-order valence-corrected chi connectivity index (χ0v) is 18.7. The fraction of sp³-hybridized carbons (Fsp3) is 0.579. The number of aliphatic imine (C=N–C) groups is 1. The molecule has 10 nitrogen and oxygen atoms in total. The maximum atomic E-state index is 10.7. The Hall–Kier alpha value is -2.37. The van der Waals surface area contributed by atoms with E-state index in [9.17, 15) is 5.11 Å². The molecule has 1 atom stereocenters. The summed E-state index contributed by atoms with van der Waals surface area (Å²) < 4.78 is 12.2. The highest BCUT2D eigenvalue weighted by molar-refractivity contribution is 6.34. The van der Waals surface area contributed by atoms with Gasteiger partial charge < -0.3 is 25.6 Å². The first-order chi connectivity index (χ1) is 14.8. The Balaban J connectivity index is 0.00000132. The Bertz CT molecular complexity index is 986. The molecule has 166 valence electrons. The van der Waals surface area contributed by atoms with E-state index in [1.165, 1.54) is 6.20 Å². The normalized spacial score (nSPS) is 25.3. The number of nitrogens with zero attached hydrogens (tertiary/aromatic N) is 5. The van der Waals surface area contributed by atoms with Crippen molar-refractivity contribution < 1.29 is 14.6 Å². The molecule has 1 unspecified atom stereocenters. The summed E-state index contributed by atoms with van der Waals surface area (Å²) in [5.74, 6) is 0.325.